The van der Waals surface area contributed by atoms with E-state index < -0.39 is 0 Å². The van der Waals surface area contributed by atoms with Gasteiger partial charge in [0.2, 0.25) is 0 Å². The molecule has 0 amide bonds. The Kier molecular flexibility index (Phi) is 11.6. The minimum atomic E-state index is -0.0647. The van der Waals surface area contributed by atoms with Gasteiger partial charge < -0.3 is 28.7 Å². The summed E-state index contributed by atoms with van der Waals surface area (Å²) in [5.41, 5.74) is 0. The molecular formula is C23H46BN3O4. The molecule has 0 radical (unpaired) electrons. The minimum absolute atomic E-state index is 0.0280. The third-order valence-corrected chi connectivity index (χ3v) is 7.23. The standard InChI is InChI=1S/C23H46BN3O4/c1-28-19-20-21(29-2)22(23(24)31-20)30-18-17-27(15-13-25-9-5-3-6-10-25)16-14-26-11-7-4-8-12-26/h20-23H,3-19,24H2,1-2H3/t20-,21?,22+,23-/m1/s1. The summed E-state index contributed by atoms with van der Waals surface area (Å²) in [6.45, 7) is 11.9. The highest BCUT2D eigenvalue weighted by atomic mass is 16.6. The SMILES string of the molecule is B[C@@H]1O[C@H](COC)C(OC)[C@@H]1OCCN(CCN1CCCCC1)CCN1CCCCC1. The van der Waals surface area contributed by atoms with Crippen molar-refractivity contribution in [3.8, 4) is 0 Å². The third kappa shape index (κ3) is 8.25. The Balaban J connectivity index is 1.45. The highest BCUT2D eigenvalue weighted by molar-refractivity contribution is 6.11. The van der Waals surface area contributed by atoms with E-state index in [2.05, 4.69) is 22.5 Å². The molecule has 0 aromatic rings. The van der Waals surface area contributed by atoms with Crippen molar-refractivity contribution >= 4 is 7.85 Å². The monoisotopic (exact) mass is 439 g/mol. The molecule has 0 spiro atoms. The van der Waals surface area contributed by atoms with E-state index >= 15 is 0 Å². The Hall–Kier alpha value is -0.215. The number of rotatable bonds is 13. The molecule has 1 unspecified atom stereocenters. The number of piperidine rings is 2. The van der Waals surface area contributed by atoms with Gasteiger partial charge in [-0.15, -0.1) is 0 Å². The van der Waals surface area contributed by atoms with Crippen LogP contribution in [0.15, 0.2) is 0 Å². The number of hydrogen-bond donors (Lipinski definition) is 0. The molecule has 31 heavy (non-hydrogen) atoms. The van der Waals surface area contributed by atoms with Crippen LogP contribution in [0.2, 0.25) is 0 Å². The second-order valence-corrected chi connectivity index (χ2v) is 9.52. The van der Waals surface area contributed by atoms with Crippen molar-refractivity contribution in [1.82, 2.24) is 14.7 Å². The van der Waals surface area contributed by atoms with E-state index in [1.165, 1.54) is 77.8 Å². The van der Waals surface area contributed by atoms with Crippen LogP contribution in [0.5, 0.6) is 0 Å². The van der Waals surface area contributed by atoms with Gasteiger partial charge in [-0.1, -0.05) is 12.8 Å². The van der Waals surface area contributed by atoms with Crippen LogP contribution in [0, 0.1) is 0 Å². The fourth-order valence-corrected chi connectivity index (χ4v) is 5.31. The van der Waals surface area contributed by atoms with E-state index in [4.69, 9.17) is 18.9 Å². The fourth-order valence-electron chi connectivity index (χ4n) is 5.31. The van der Waals surface area contributed by atoms with Gasteiger partial charge >= 0.3 is 0 Å². The summed E-state index contributed by atoms with van der Waals surface area (Å²) in [7, 11) is 5.53. The Labute approximate surface area is 191 Å². The zero-order chi connectivity index (χ0) is 21.9. The van der Waals surface area contributed by atoms with Crippen LogP contribution < -0.4 is 0 Å². The van der Waals surface area contributed by atoms with Gasteiger partial charge in [0.25, 0.3) is 0 Å². The lowest BCUT2D eigenvalue weighted by molar-refractivity contribution is -0.0586. The smallest absolute Gasteiger partial charge is 0.142 e. The van der Waals surface area contributed by atoms with Gasteiger partial charge in [0.05, 0.1) is 19.2 Å². The summed E-state index contributed by atoms with van der Waals surface area (Å²) in [5, 5.41) is 0. The largest absolute Gasteiger partial charge is 0.382 e. The predicted octanol–water partition coefficient (Wildman–Crippen LogP) is 0.665. The second kappa shape index (κ2) is 14.1. The molecule has 180 valence electrons. The molecule has 0 N–H and O–H groups in total. The summed E-state index contributed by atoms with van der Waals surface area (Å²) < 4.78 is 23.4. The summed E-state index contributed by atoms with van der Waals surface area (Å²) in [6.07, 6.45) is 8.08. The first kappa shape index (κ1) is 25.4. The molecule has 0 aromatic heterocycles. The summed E-state index contributed by atoms with van der Waals surface area (Å²) >= 11 is 0. The van der Waals surface area contributed by atoms with Gasteiger partial charge in [0.15, 0.2) is 0 Å². The number of hydrogen-bond acceptors (Lipinski definition) is 7. The molecule has 0 saturated carbocycles. The number of nitrogens with zero attached hydrogens (tertiary/aromatic N) is 3. The van der Waals surface area contributed by atoms with Crippen molar-refractivity contribution in [1.29, 1.82) is 0 Å². The van der Waals surface area contributed by atoms with Crippen LogP contribution >= 0.6 is 0 Å². The van der Waals surface area contributed by atoms with Crippen LogP contribution in [0.1, 0.15) is 38.5 Å². The molecule has 0 aliphatic carbocycles. The van der Waals surface area contributed by atoms with Gasteiger partial charge in [-0.05, 0) is 51.9 Å². The maximum atomic E-state index is 6.34. The summed E-state index contributed by atoms with van der Waals surface area (Å²) in [4.78, 5) is 7.89. The van der Waals surface area contributed by atoms with Crippen LogP contribution in [-0.2, 0) is 18.9 Å². The predicted molar refractivity (Wildman–Crippen MR) is 127 cm³/mol. The zero-order valence-corrected chi connectivity index (χ0v) is 20.3. The van der Waals surface area contributed by atoms with Crippen LogP contribution in [0.25, 0.3) is 0 Å². The lowest BCUT2D eigenvalue weighted by Gasteiger charge is -2.33. The van der Waals surface area contributed by atoms with Crippen molar-refractivity contribution < 1.29 is 18.9 Å². The van der Waals surface area contributed by atoms with Crippen LogP contribution in [-0.4, -0.2) is 133 Å². The highest BCUT2D eigenvalue weighted by Gasteiger charge is 2.43. The van der Waals surface area contributed by atoms with Crippen molar-refractivity contribution in [2.45, 2.75) is 62.8 Å². The minimum Gasteiger partial charge on any atom is -0.382 e. The molecule has 3 saturated heterocycles. The molecule has 4 atom stereocenters. The zero-order valence-electron chi connectivity index (χ0n) is 20.3. The molecule has 3 aliphatic rings. The first-order valence-corrected chi connectivity index (χ1v) is 12.7. The Morgan fingerprint density at radius 1 is 0.839 bits per heavy atom. The normalized spacial score (nSPS) is 30.9. The van der Waals surface area contributed by atoms with Gasteiger partial charge in [-0.2, -0.15) is 0 Å². The molecule has 7 nitrogen and oxygen atoms in total. The van der Waals surface area contributed by atoms with Crippen molar-refractivity contribution in [2.24, 2.45) is 0 Å². The first-order valence-electron chi connectivity index (χ1n) is 12.7. The van der Waals surface area contributed by atoms with Crippen molar-refractivity contribution in [3.63, 3.8) is 0 Å². The van der Waals surface area contributed by atoms with Gasteiger partial charge in [0.1, 0.15) is 26.2 Å². The van der Waals surface area contributed by atoms with Crippen molar-refractivity contribution in [2.75, 3.05) is 86.3 Å². The lowest BCUT2D eigenvalue weighted by atomic mass is 9.93. The molecule has 3 aliphatic heterocycles. The van der Waals surface area contributed by atoms with Crippen LogP contribution in [0.3, 0.4) is 0 Å². The maximum Gasteiger partial charge on any atom is 0.142 e. The summed E-state index contributed by atoms with van der Waals surface area (Å²) in [6, 6.07) is 0.0280. The Morgan fingerprint density at radius 2 is 1.42 bits per heavy atom. The van der Waals surface area contributed by atoms with E-state index in [1.54, 1.807) is 14.2 Å². The van der Waals surface area contributed by atoms with E-state index in [9.17, 15) is 0 Å². The van der Waals surface area contributed by atoms with Gasteiger partial charge in [-0.3, -0.25) is 4.90 Å². The average molecular weight is 439 g/mol. The lowest BCUT2D eigenvalue weighted by Crippen LogP contribution is -2.44. The number of methoxy groups -OCH3 is 2. The van der Waals surface area contributed by atoms with E-state index in [0.29, 0.717) is 6.61 Å². The topological polar surface area (TPSA) is 46.6 Å². The van der Waals surface area contributed by atoms with Gasteiger partial charge in [-0.25, -0.2) is 0 Å². The van der Waals surface area contributed by atoms with Crippen LogP contribution in [0.4, 0.5) is 0 Å². The highest BCUT2D eigenvalue weighted by Crippen LogP contribution is 2.25. The maximum absolute atomic E-state index is 6.34. The van der Waals surface area contributed by atoms with Crippen molar-refractivity contribution in [3.05, 3.63) is 0 Å². The average Bonchev–Trinajstić information content (AvgIpc) is 3.10. The molecule has 0 bridgehead atoms. The third-order valence-electron chi connectivity index (χ3n) is 7.23. The number of ether oxygens (including phenoxy) is 4. The molecule has 0 aromatic carbocycles. The molecule has 8 heteroatoms. The molecule has 3 fully saturated rings. The van der Waals surface area contributed by atoms with Gasteiger partial charge in [0, 0.05) is 46.9 Å². The number of likely N-dealkylation sites (tertiary alicyclic amines) is 2. The first-order chi connectivity index (χ1) is 15.2. The molecule has 3 heterocycles. The fraction of sp³-hybridized carbons (Fsp3) is 1.00. The second-order valence-electron chi connectivity index (χ2n) is 9.52. The molecule has 3 rings (SSSR count). The Morgan fingerprint density at radius 3 is 1.94 bits per heavy atom. The Bertz CT molecular complexity index is 456. The van der Waals surface area contributed by atoms with E-state index in [1.807, 2.05) is 0 Å². The summed E-state index contributed by atoms with van der Waals surface area (Å²) in [5.74, 6) is 0. The molecular weight excluding hydrogens is 393 g/mol. The van der Waals surface area contributed by atoms with E-state index in [-0.39, 0.29) is 24.3 Å². The quantitative estimate of drug-likeness (QED) is 0.391. The van der Waals surface area contributed by atoms with E-state index in [0.717, 1.165) is 26.2 Å².